The van der Waals surface area contributed by atoms with Gasteiger partial charge in [0.2, 0.25) is 0 Å². The van der Waals surface area contributed by atoms with Crippen LogP contribution >= 0.6 is 0 Å². The number of benzene rings is 1. The summed E-state index contributed by atoms with van der Waals surface area (Å²) >= 11 is 0. The summed E-state index contributed by atoms with van der Waals surface area (Å²) in [5, 5.41) is 23.2. The molecule has 0 saturated carbocycles. The summed E-state index contributed by atoms with van der Waals surface area (Å²) in [6, 6.07) is 4.77. The van der Waals surface area contributed by atoms with Crippen molar-refractivity contribution in [2.24, 2.45) is 5.92 Å². The second-order valence-electron chi connectivity index (χ2n) is 4.21. The van der Waals surface area contributed by atoms with E-state index >= 15 is 0 Å². The molecule has 18 heavy (non-hydrogen) atoms. The Balaban J connectivity index is 3.05. The van der Waals surface area contributed by atoms with Gasteiger partial charge >= 0.3 is 5.69 Å². The number of methoxy groups -OCH3 is 1. The molecule has 0 aliphatic carbocycles. The Labute approximate surface area is 106 Å². The van der Waals surface area contributed by atoms with Gasteiger partial charge in [0.05, 0.1) is 12.0 Å². The number of nitro benzene ring substituents is 1. The van der Waals surface area contributed by atoms with Gasteiger partial charge in [-0.2, -0.15) is 0 Å². The predicted octanol–water partition coefficient (Wildman–Crippen LogP) is 2.03. The van der Waals surface area contributed by atoms with E-state index in [4.69, 9.17) is 9.84 Å². The number of rotatable bonds is 6. The highest BCUT2D eigenvalue weighted by molar-refractivity contribution is 5.68. The molecule has 6 nitrogen and oxygen atoms in total. The van der Waals surface area contributed by atoms with Gasteiger partial charge in [-0.3, -0.25) is 10.1 Å². The van der Waals surface area contributed by atoms with Crippen molar-refractivity contribution in [1.29, 1.82) is 0 Å². The van der Waals surface area contributed by atoms with E-state index in [1.165, 1.54) is 7.11 Å². The molecular weight excluding hydrogens is 236 g/mol. The Hall–Kier alpha value is -1.82. The highest BCUT2D eigenvalue weighted by Gasteiger charge is 2.22. The molecule has 0 bridgehead atoms. The number of nitro groups is 1. The van der Waals surface area contributed by atoms with Crippen molar-refractivity contribution < 1.29 is 14.8 Å². The first-order valence-electron chi connectivity index (χ1n) is 5.70. The zero-order valence-electron chi connectivity index (χ0n) is 10.7. The minimum absolute atomic E-state index is 0.00388. The molecule has 1 aromatic carbocycles. The summed E-state index contributed by atoms with van der Waals surface area (Å²) in [5.41, 5.74) is 0.309. The van der Waals surface area contributed by atoms with Crippen molar-refractivity contribution in [3.8, 4) is 5.75 Å². The van der Waals surface area contributed by atoms with E-state index in [-0.39, 0.29) is 30.0 Å². The third kappa shape index (κ3) is 3.10. The van der Waals surface area contributed by atoms with Crippen molar-refractivity contribution in [3.05, 3.63) is 28.3 Å². The molecule has 100 valence electrons. The summed E-state index contributed by atoms with van der Waals surface area (Å²) in [4.78, 5) is 10.6. The average Bonchev–Trinajstić information content (AvgIpc) is 2.36. The molecule has 0 radical (unpaired) electrons. The fourth-order valence-electron chi connectivity index (χ4n) is 1.54. The maximum Gasteiger partial charge on any atom is 0.333 e. The maximum absolute atomic E-state index is 11.1. The molecule has 0 aromatic heterocycles. The fraction of sp³-hybridized carbons (Fsp3) is 0.500. The lowest BCUT2D eigenvalue weighted by molar-refractivity contribution is -0.384. The quantitative estimate of drug-likeness (QED) is 0.599. The summed E-state index contributed by atoms with van der Waals surface area (Å²) in [7, 11) is 1.39. The number of nitrogens with zero attached hydrogens (tertiary/aromatic N) is 1. The van der Waals surface area contributed by atoms with Crippen LogP contribution in [0.5, 0.6) is 5.75 Å². The molecule has 2 N–H and O–H groups in total. The minimum atomic E-state index is -0.475. The molecule has 1 rings (SSSR count). The van der Waals surface area contributed by atoms with Gasteiger partial charge in [-0.1, -0.05) is 13.0 Å². The van der Waals surface area contributed by atoms with Crippen LogP contribution in [0, 0.1) is 16.0 Å². The van der Waals surface area contributed by atoms with Crippen LogP contribution in [0.1, 0.15) is 13.8 Å². The van der Waals surface area contributed by atoms with Crippen LogP contribution in [0.4, 0.5) is 11.4 Å². The first-order valence-corrected chi connectivity index (χ1v) is 5.70. The SMILES string of the molecule is COc1cccc(NC(C)C(C)CO)c1[N+](=O)[O-]. The van der Waals surface area contributed by atoms with Crippen molar-refractivity contribution in [3.63, 3.8) is 0 Å². The van der Waals surface area contributed by atoms with Crippen LogP contribution in [-0.2, 0) is 0 Å². The summed E-state index contributed by atoms with van der Waals surface area (Å²) < 4.78 is 4.98. The van der Waals surface area contributed by atoms with Crippen molar-refractivity contribution in [2.75, 3.05) is 19.0 Å². The Bertz CT molecular complexity index is 423. The van der Waals surface area contributed by atoms with E-state index in [9.17, 15) is 10.1 Å². The Morgan fingerprint density at radius 3 is 2.67 bits per heavy atom. The molecule has 0 aliphatic heterocycles. The smallest absolute Gasteiger partial charge is 0.333 e. The predicted molar refractivity (Wildman–Crippen MR) is 69.0 cm³/mol. The number of aliphatic hydroxyl groups excluding tert-OH is 1. The number of anilines is 1. The molecule has 2 unspecified atom stereocenters. The highest BCUT2D eigenvalue weighted by atomic mass is 16.6. The van der Waals surface area contributed by atoms with Gasteiger partial charge in [0.25, 0.3) is 0 Å². The first kappa shape index (κ1) is 14.2. The maximum atomic E-state index is 11.1. The normalized spacial score (nSPS) is 13.8. The molecule has 1 aromatic rings. The summed E-state index contributed by atoms with van der Waals surface area (Å²) in [5.74, 6) is 0.213. The zero-order chi connectivity index (χ0) is 13.7. The molecule has 0 aliphatic rings. The number of ether oxygens (including phenoxy) is 1. The van der Waals surface area contributed by atoms with Gasteiger partial charge in [0.15, 0.2) is 5.75 Å². The fourth-order valence-corrected chi connectivity index (χ4v) is 1.54. The first-order chi connectivity index (χ1) is 8.51. The van der Waals surface area contributed by atoms with Crippen LogP contribution in [0.15, 0.2) is 18.2 Å². The largest absolute Gasteiger partial charge is 0.490 e. The molecular formula is C12H18N2O4. The molecule has 6 heteroatoms. The second-order valence-corrected chi connectivity index (χ2v) is 4.21. The van der Waals surface area contributed by atoms with Gasteiger partial charge in [-0.25, -0.2) is 0 Å². The Kier molecular flexibility index (Phi) is 4.91. The number of hydrogen-bond donors (Lipinski definition) is 2. The standard InChI is InChI=1S/C12H18N2O4/c1-8(7-15)9(2)13-10-5-4-6-11(18-3)12(10)14(16)17/h4-6,8-9,13,15H,7H2,1-3H3. The lowest BCUT2D eigenvalue weighted by Crippen LogP contribution is -2.26. The van der Waals surface area contributed by atoms with Gasteiger partial charge in [0, 0.05) is 12.6 Å². The third-order valence-electron chi connectivity index (χ3n) is 2.93. The Morgan fingerprint density at radius 2 is 2.17 bits per heavy atom. The molecule has 0 amide bonds. The number of para-hydroxylation sites is 1. The molecule has 0 heterocycles. The Morgan fingerprint density at radius 1 is 1.50 bits per heavy atom. The minimum Gasteiger partial charge on any atom is -0.490 e. The van der Waals surface area contributed by atoms with Crippen LogP contribution in [0.25, 0.3) is 0 Å². The third-order valence-corrected chi connectivity index (χ3v) is 2.93. The van der Waals surface area contributed by atoms with Gasteiger partial charge < -0.3 is 15.2 Å². The van der Waals surface area contributed by atoms with Crippen molar-refractivity contribution in [1.82, 2.24) is 0 Å². The number of nitrogens with one attached hydrogen (secondary N) is 1. The van der Waals surface area contributed by atoms with Crippen LogP contribution in [0.2, 0.25) is 0 Å². The van der Waals surface area contributed by atoms with Crippen molar-refractivity contribution in [2.45, 2.75) is 19.9 Å². The van der Waals surface area contributed by atoms with E-state index in [2.05, 4.69) is 5.32 Å². The summed E-state index contributed by atoms with van der Waals surface area (Å²) in [6.07, 6.45) is 0. The van der Waals surface area contributed by atoms with Crippen LogP contribution in [-0.4, -0.2) is 29.8 Å². The zero-order valence-corrected chi connectivity index (χ0v) is 10.7. The average molecular weight is 254 g/mol. The number of hydrogen-bond acceptors (Lipinski definition) is 5. The van der Waals surface area contributed by atoms with Crippen molar-refractivity contribution >= 4 is 11.4 Å². The van der Waals surface area contributed by atoms with Gasteiger partial charge in [0.1, 0.15) is 5.69 Å². The lowest BCUT2D eigenvalue weighted by atomic mass is 10.0. The molecule has 2 atom stereocenters. The van der Waals surface area contributed by atoms with E-state index in [0.29, 0.717) is 5.69 Å². The van der Waals surface area contributed by atoms with Crippen LogP contribution < -0.4 is 10.1 Å². The topological polar surface area (TPSA) is 84.6 Å². The van der Waals surface area contributed by atoms with Gasteiger partial charge in [-0.05, 0) is 25.0 Å². The molecule has 0 fully saturated rings. The second kappa shape index (κ2) is 6.20. The van der Waals surface area contributed by atoms with E-state index in [0.717, 1.165) is 0 Å². The summed E-state index contributed by atoms with van der Waals surface area (Å²) in [6.45, 7) is 3.75. The van der Waals surface area contributed by atoms with E-state index in [1.54, 1.807) is 18.2 Å². The molecule has 0 saturated heterocycles. The van der Waals surface area contributed by atoms with E-state index < -0.39 is 4.92 Å². The highest BCUT2D eigenvalue weighted by Crippen LogP contribution is 2.35. The number of aliphatic hydroxyl groups is 1. The van der Waals surface area contributed by atoms with Gasteiger partial charge in [-0.15, -0.1) is 0 Å². The lowest BCUT2D eigenvalue weighted by Gasteiger charge is -2.20. The monoisotopic (exact) mass is 254 g/mol. The van der Waals surface area contributed by atoms with E-state index in [1.807, 2.05) is 13.8 Å². The van der Waals surface area contributed by atoms with Crippen LogP contribution in [0.3, 0.4) is 0 Å². The molecule has 0 spiro atoms.